The zero-order valence-corrected chi connectivity index (χ0v) is 13.8. The van der Waals surface area contributed by atoms with E-state index >= 15 is 0 Å². The van der Waals surface area contributed by atoms with Gasteiger partial charge in [0.05, 0.1) is 0 Å². The molecule has 1 atom stereocenters. The molecule has 1 unspecified atom stereocenters. The van der Waals surface area contributed by atoms with Gasteiger partial charge in [0, 0.05) is 37.8 Å². The Morgan fingerprint density at radius 2 is 1.90 bits per heavy atom. The Labute approximate surface area is 129 Å². The highest BCUT2D eigenvalue weighted by Gasteiger charge is 2.30. The van der Waals surface area contributed by atoms with Crippen molar-refractivity contribution in [3.8, 4) is 0 Å². The molecule has 1 aromatic carbocycles. The average Bonchev–Trinajstić information content (AvgIpc) is 2.54. The minimum atomic E-state index is 0.143. The van der Waals surface area contributed by atoms with Gasteiger partial charge in [-0.1, -0.05) is 44.2 Å². The van der Waals surface area contributed by atoms with Gasteiger partial charge in [-0.25, -0.2) is 0 Å². The number of hydrogen-bond acceptors (Lipinski definition) is 3. The van der Waals surface area contributed by atoms with Crippen molar-refractivity contribution >= 4 is 0 Å². The van der Waals surface area contributed by atoms with Gasteiger partial charge in [-0.05, 0) is 32.0 Å². The van der Waals surface area contributed by atoms with Crippen LogP contribution in [0.25, 0.3) is 0 Å². The van der Waals surface area contributed by atoms with E-state index in [1.54, 1.807) is 0 Å². The van der Waals surface area contributed by atoms with Crippen LogP contribution in [-0.2, 0) is 10.2 Å². The molecule has 3 heteroatoms. The van der Waals surface area contributed by atoms with Gasteiger partial charge in [0.2, 0.25) is 0 Å². The second-order valence-electron chi connectivity index (χ2n) is 6.47. The van der Waals surface area contributed by atoms with Crippen LogP contribution in [0.1, 0.15) is 32.3 Å². The molecule has 1 N–H and O–H groups in total. The molecule has 118 valence electrons. The normalized spacial score (nSPS) is 19.6. The monoisotopic (exact) mass is 290 g/mol. The van der Waals surface area contributed by atoms with E-state index in [1.165, 1.54) is 5.56 Å². The van der Waals surface area contributed by atoms with Crippen LogP contribution in [0.2, 0.25) is 0 Å². The SMILES string of the molecule is CCNCC(C)(CN(C)C1CCOCC1)c1ccccc1. The summed E-state index contributed by atoms with van der Waals surface area (Å²) in [6.45, 7) is 9.47. The Kier molecular flexibility index (Phi) is 6.22. The van der Waals surface area contributed by atoms with Gasteiger partial charge in [0.25, 0.3) is 0 Å². The first-order valence-electron chi connectivity index (χ1n) is 8.20. The van der Waals surface area contributed by atoms with Gasteiger partial charge in [-0.15, -0.1) is 0 Å². The molecule has 2 rings (SSSR count). The summed E-state index contributed by atoms with van der Waals surface area (Å²) in [6.07, 6.45) is 2.31. The Hall–Kier alpha value is -0.900. The van der Waals surface area contributed by atoms with Crippen LogP contribution in [0, 0.1) is 0 Å². The van der Waals surface area contributed by atoms with Gasteiger partial charge in [-0.2, -0.15) is 0 Å². The van der Waals surface area contributed by atoms with E-state index in [0.717, 1.165) is 45.7 Å². The third-order valence-corrected chi connectivity index (χ3v) is 4.65. The lowest BCUT2D eigenvalue weighted by Crippen LogP contribution is -2.48. The number of benzene rings is 1. The van der Waals surface area contributed by atoms with Gasteiger partial charge in [-0.3, -0.25) is 0 Å². The van der Waals surface area contributed by atoms with E-state index in [1.807, 2.05) is 0 Å². The van der Waals surface area contributed by atoms with Crippen LogP contribution in [0.4, 0.5) is 0 Å². The molecule has 0 amide bonds. The summed E-state index contributed by atoms with van der Waals surface area (Å²) in [4.78, 5) is 2.53. The number of likely N-dealkylation sites (N-methyl/N-ethyl adjacent to an activating group) is 2. The van der Waals surface area contributed by atoms with Crippen molar-refractivity contribution in [1.29, 1.82) is 0 Å². The molecule has 1 aliphatic rings. The number of ether oxygens (including phenoxy) is 1. The molecule has 21 heavy (non-hydrogen) atoms. The van der Waals surface area contributed by atoms with Crippen molar-refractivity contribution in [3.05, 3.63) is 35.9 Å². The van der Waals surface area contributed by atoms with E-state index in [0.29, 0.717) is 6.04 Å². The Morgan fingerprint density at radius 1 is 1.24 bits per heavy atom. The van der Waals surface area contributed by atoms with Crippen molar-refractivity contribution in [2.24, 2.45) is 0 Å². The van der Waals surface area contributed by atoms with Crippen LogP contribution in [0.5, 0.6) is 0 Å². The van der Waals surface area contributed by atoms with Crippen LogP contribution in [0.3, 0.4) is 0 Å². The van der Waals surface area contributed by atoms with Crippen LogP contribution < -0.4 is 5.32 Å². The number of hydrogen-bond donors (Lipinski definition) is 1. The molecular formula is C18H30N2O. The number of rotatable bonds is 7. The summed E-state index contributed by atoms with van der Waals surface area (Å²) in [6, 6.07) is 11.6. The van der Waals surface area contributed by atoms with Gasteiger partial charge in [0.1, 0.15) is 0 Å². The van der Waals surface area contributed by atoms with Crippen molar-refractivity contribution < 1.29 is 4.74 Å². The fourth-order valence-corrected chi connectivity index (χ4v) is 3.30. The summed E-state index contributed by atoms with van der Waals surface area (Å²) >= 11 is 0. The lowest BCUT2D eigenvalue weighted by atomic mass is 9.81. The van der Waals surface area contributed by atoms with Crippen molar-refractivity contribution in [2.75, 3.05) is 39.9 Å². The van der Waals surface area contributed by atoms with Crippen molar-refractivity contribution in [2.45, 2.75) is 38.1 Å². The average molecular weight is 290 g/mol. The minimum Gasteiger partial charge on any atom is -0.381 e. The Balaban J connectivity index is 2.08. The molecule has 0 aromatic heterocycles. The maximum atomic E-state index is 5.49. The van der Waals surface area contributed by atoms with Gasteiger partial charge < -0.3 is 15.0 Å². The predicted molar refractivity (Wildman–Crippen MR) is 88.8 cm³/mol. The zero-order valence-electron chi connectivity index (χ0n) is 13.8. The predicted octanol–water partition coefficient (Wildman–Crippen LogP) is 2.66. The minimum absolute atomic E-state index is 0.143. The van der Waals surface area contributed by atoms with E-state index in [9.17, 15) is 0 Å². The molecule has 0 bridgehead atoms. The molecule has 1 fully saturated rings. The highest BCUT2D eigenvalue weighted by atomic mass is 16.5. The van der Waals surface area contributed by atoms with E-state index in [-0.39, 0.29) is 5.41 Å². The highest BCUT2D eigenvalue weighted by molar-refractivity contribution is 5.25. The van der Waals surface area contributed by atoms with Crippen LogP contribution >= 0.6 is 0 Å². The fraction of sp³-hybridized carbons (Fsp3) is 0.667. The highest BCUT2D eigenvalue weighted by Crippen LogP contribution is 2.26. The second kappa shape index (κ2) is 7.92. The zero-order chi connectivity index (χ0) is 15.1. The largest absolute Gasteiger partial charge is 0.381 e. The fourth-order valence-electron chi connectivity index (χ4n) is 3.30. The molecule has 1 heterocycles. The topological polar surface area (TPSA) is 24.5 Å². The van der Waals surface area contributed by atoms with Gasteiger partial charge in [0.15, 0.2) is 0 Å². The van der Waals surface area contributed by atoms with Crippen molar-refractivity contribution in [1.82, 2.24) is 10.2 Å². The number of nitrogens with one attached hydrogen (secondary N) is 1. The quantitative estimate of drug-likeness (QED) is 0.835. The van der Waals surface area contributed by atoms with E-state index in [2.05, 4.69) is 61.4 Å². The lowest BCUT2D eigenvalue weighted by Gasteiger charge is -2.39. The first-order chi connectivity index (χ1) is 10.2. The molecule has 1 aromatic rings. The molecule has 3 nitrogen and oxygen atoms in total. The molecule has 0 saturated carbocycles. The number of nitrogens with zero attached hydrogens (tertiary/aromatic N) is 1. The Bertz CT molecular complexity index is 403. The lowest BCUT2D eigenvalue weighted by molar-refractivity contribution is 0.0364. The summed E-state index contributed by atoms with van der Waals surface area (Å²) in [5, 5.41) is 3.54. The van der Waals surface area contributed by atoms with Crippen LogP contribution in [0.15, 0.2) is 30.3 Å². The summed E-state index contributed by atoms with van der Waals surface area (Å²) in [5.74, 6) is 0. The summed E-state index contributed by atoms with van der Waals surface area (Å²) in [7, 11) is 2.27. The molecule has 0 spiro atoms. The molecule has 1 saturated heterocycles. The first-order valence-corrected chi connectivity index (χ1v) is 8.20. The van der Waals surface area contributed by atoms with Crippen LogP contribution in [-0.4, -0.2) is 50.8 Å². The first kappa shape index (κ1) is 16.5. The smallest absolute Gasteiger partial charge is 0.0480 e. The molecule has 1 aliphatic heterocycles. The molecular weight excluding hydrogens is 260 g/mol. The Morgan fingerprint density at radius 3 is 2.52 bits per heavy atom. The molecule has 0 radical (unpaired) electrons. The van der Waals surface area contributed by atoms with Gasteiger partial charge >= 0.3 is 0 Å². The third-order valence-electron chi connectivity index (χ3n) is 4.65. The van der Waals surface area contributed by atoms with E-state index in [4.69, 9.17) is 4.74 Å². The maximum Gasteiger partial charge on any atom is 0.0480 e. The summed E-state index contributed by atoms with van der Waals surface area (Å²) in [5.41, 5.74) is 1.56. The second-order valence-corrected chi connectivity index (χ2v) is 6.47. The maximum absolute atomic E-state index is 5.49. The third kappa shape index (κ3) is 4.53. The summed E-state index contributed by atoms with van der Waals surface area (Å²) < 4.78 is 5.49. The molecule has 0 aliphatic carbocycles. The standard InChI is InChI=1S/C18H30N2O/c1-4-19-14-18(2,16-8-6-5-7-9-16)15-20(3)17-10-12-21-13-11-17/h5-9,17,19H,4,10-15H2,1-3H3. The van der Waals surface area contributed by atoms with Crippen molar-refractivity contribution in [3.63, 3.8) is 0 Å². The van der Waals surface area contributed by atoms with E-state index < -0.39 is 0 Å².